The molecule has 0 bridgehead atoms. The first-order valence-corrected chi connectivity index (χ1v) is 7.59. The largest absolute Gasteiger partial charge is 0.320 e. The second kappa shape index (κ2) is 6.10. The summed E-state index contributed by atoms with van der Waals surface area (Å²) in [6.45, 7) is 0. The van der Waals surface area contributed by atoms with E-state index in [4.69, 9.17) is 28.9 Å². The van der Waals surface area contributed by atoms with E-state index in [2.05, 4.69) is 31.9 Å². The van der Waals surface area contributed by atoms with Crippen LogP contribution in [0.5, 0.6) is 0 Å². The fraction of sp³-hybridized carbons (Fsp3) is 0.0769. The normalized spacial score (nSPS) is 12.5. The molecule has 0 aliphatic carbocycles. The Bertz CT molecular complexity index is 634. The van der Waals surface area contributed by atoms with Crippen LogP contribution in [0.2, 0.25) is 10.0 Å². The van der Waals surface area contributed by atoms with Crippen LogP contribution in [-0.4, -0.2) is 0 Å². The first kappa shape index (κ1) is 15.3. The van der Waals surface area contributed by atoms with Crippen LogP contribution >= 0.6 is 55.1 Å². The minimum absolute atomic E-state index is 0.303. The number of hydrogen-bond acceptors (Lipinski definition) is 1. The van der Waals surface area contributed by atoms with Crippen molar-refractivity contribution in [3.8, 4) is 0 Å². The van der Waals surface area contributed by atoms with Crippen molar-refractivity contribution in [3.05, 3.63) is 66.3 Å². The third-order valence-electron chi connectivity index (χ3n) is 2.67. The van der Waals surface area contributed by atoms with Crippen LogP contribution in [0.4, 0.5) is 4.39 Å². The Morgan fingerprint density at radius 3 is 2.32 bits per heavy atom. The summed E-state index contributed by atoms with van der Waals surface area (Å²) >= 11 is 18.6. The van der Waals surface area contributed by atoms with Crippen molar-refractivity contribution in [3.63, 3.8) is 0 Å². The molecule has 0 heterocycles. The Hall–Kier alpha value is -0.130. The highest BCUT2D eigenvalue weighted by molar-refractivity contribution is 9.10. The van der Waals surface area contributed by atoms with E-state index < -0.39 is 11.9 Å². The Labute approximate surface area is 137 Å². The van der Waals surface area contributed by atoms with Gasteiger partial charge in [-0.2, -0.15) is 0 Å². The van der Waals surface area contributed by atoms with Crippen LogP contribution in [0.25, 0.3) is 0 Å². The Balaban J connectivity index is 2.49. The Kier molecular flexibility index (Phi) is 4.90. The molecule has 0 aliphatic heterocycles. The van der Waals surface area contributed by atoms with E-state index in [-0.39, 0.29) is 0 Å². The van der Waals surface area contributed by atoms with Gasteiger partial charge in [-0.25, -0.2) is 4.39 Å². The molecule has 6 heteroatoms. The highest BCUT2D eigenvalue weighted by Gasteiger charge is 2.18. The third-order valence-corrected chi connectivity index (χ3v) is 4.69. The zero-order chi connectivity index (χ0) is 14.2. The average Bonchev–Trinajstić information content (AvgIpc) is 2.33. The van der Waals surface area contributed by atoms with Crippen molar-refractivity contribution in [2.75, 3.05) is 0 Å². The molecule has 19 heavy (non-hydrogen) atoms. The number of halogens is 5. The van der Waals surface area contributed by atoms with Crippen molar-refractivity contribution >= 4 is 55.1 Å². The molecule has 100 valence electrons. The molecule has 1 atom stereocenters. The van der Waals surface area contributed by atoms with Crippen LogP contribution in [0.15, 0.2) is 39.3 Å². The second-order valence-electron chi connectivity index (χ2n) is 3.93. The number of hydrogen-bond donors (Lipinski definition) is 1. The van der Waals surface area contributed by atoms with Gasteiger partial charge in [0.2, 0.25) is 0 Å². The van der Waals surface area contributed by atoms with Gasteiger partial charge in [-0.05, 0) is 45.8 Å². The van der Waals surface area contributed by atoms with Crippen molar-refractivity contribution in [1.82, 2.24) is 0 Å². The van der Waals surface area contributed by atoms with Crippen molar-refractivity contribution in [2.24, 2.45) is 5.73 Å². The zero-order valence-corrected chi connectivity index (χ0v) is 14.1. The molecular formula is C13H8Br2Cl2FN. The van der Waals surface area contributed by atoms with Gasteiger partial charge in [0.15, 0.2) is 0 Å². The van der Waals surface area contributed by atoms with Gasteiger partial charge in [0, 0.05) is 19.5 Å². The SMILES string of the molecule is NC(c1cc(Cl)c(Br)cc1F)c1ccc(Br)cc1Cl. The van der Waals surface area contributed by atoms with E-state index in [0.29, 0.717) is 25.6 Å². The quantitative estimate of drug-likeness (QED) is 0.611. The minimum atomic E-state index is -0.675. The van der Waals surface area contributed by atoms with Gasteiger partial charge in [0.05, 0.1) is 11.1 Å². The highest BCUT2D eigenvalue weighted by Crippen LogP contribution is 2.33. The summed E-state index contributed by atoms with van der Waals surface area (Å²) in [7, 11) is 0. The highest BCUT2D eigenvalue weighted by atomic mass is 79.9. The lowest BCUT2D eigenvalue weighted by atomic mass is 9.99. The Morgan fingerprint density at radius 2 is 1.68 bits per heavy atom. The molecule has 2 aromatic rings. The van der Waals surface area contributed by atoms with Crippen molar-refractivity contribution in [1.29, 1.82) is 0 Å². The zero-order valence-electron chi connectivity index (χ0n) is 9.43. The summed E-state index contributed by atoms with van der Waals surface area (Å²) in [4.78, 5) is 0. The molecule has 0 radical (unpaired) electrons. The summed E-state index contributed by atoms with van der Waals surface area (Å²) < 4.78 is 15.3. The summed E-state index contributed by atoms with van der Waals surface area (Å²) in [5.41, 5.74) is 7.02. The summed E-state index contributed by atoms with van der Waals surface area (Å²) in [6, 6.07) is 7.40. The molecule has 2 N–H and O–H groups in total. The van der Waals surface area contributed by atoms with Gasteiger partial charge < -0.3 is 5.73 Å². The van der Waals surface area contributed by atoms with Gasteiger partial charge in [-0.1, -0.05) is 45.2 Å². The lowest BCUT2D eigenvalue weighted by Crippen LogP contribution is -2.14. The van der Waals surface area contributed by atoms with Gasteiger partial charge in [-0.15, -0.1) is 0 Å². The van der Waals surface area contributed by atoms with Gasteiger partial charge in [-0.3, -0.25) is 0 Å². The van der Waals surface area contributed by atoms with Crippen molar-refractivity contribution in [2.45, 2.75) is 6.04 Å². The van der Waals surface area contributed by atoms with E-state index in [0.717, 1.165) is 4.47 Å². The smallest absolute Gasteiger partial charge is 0.129 e. The van der Waals surface area contributed by atoms with E-state index in [1.54, 1.807) is 18.2 Å². The Morgan fingerprint density at radius 1 is 1.00 bits per heavy atom. The molecule has 2 aromatic carbocycles. The maximum absolute atomic E-state index is 14.0. The molecule has 0 amide bonds. The van der Waals surface area contributed by atoms with Crippen LogP contribution < -0.4 is 5.73 Å². The fourth-order valence-corrected chi connectivity index (χ4v) is 2.98. The van der Waals surface area contributed by atoms with E-state index in [1.807, 2.05) is 0 Å². The third kappa shape index (κ3) is 3.31. The van der Waals surface area contributed by atoms with Crippen LogP contribution in [0.1, 0.15) is 17.2 Å². The van der Waals surface area contributed by atoms with E-state index >= 15 is 0 Å². The van der Waals surface area contributed by atoms with Gasteiger partial charge >= 0.3 is 0 Å². The molecule has 1 unspecified atom stereocenters. The standard InChI is InChI=1S/C13H8Br2Cl2FN/c14-6-1-2-7(10(16)3-6)13(19)8-4-11(17)9(15)5-12(8)18/h1-5,13H,19H2. The first-order valence-electron chi connectivity index (χ1n) is 5.25. The van der Waals surface area contributed by atoms with Crippen molar-refractivity contribution < 1.29 is 4.39 Å². The molecular weight excluding hydrogens is 420 g/mol. The molecule has 0 saturated carbocycles. The number of benzene rings is 2. The lowest BCUT2D eigenvalue weighted by Gasteiger charge is -2.16. The first-order chi connectivity index (χ1) is 8.90. The molecule has 2 rings (SSSR count). The maximum Gasteiger partial charge on any atom is 0.129 e. The number of nitrogens with two attached hydrogens (primary N) is 1. The van der Waals surface area contributed by atoms with Crippen LogP contribution in [-0.2, 0) is 0 Å². The number of rotatable bonds is 2. The monoisotopic (exact) mass is 425 g/mol. The molecule has 0 fully saturated rings. The lowest BCUT2D eigenvalue weighted by molar-refractivity contribution is 0.599. The molecule has 0 aliphatic rings. The topological polar surface area (TPSA) is 26.0 Å². The summed E-state index contributed by atoms with van der Waals surface area (Å²) in [5.74, 6) is -0.428. The predicted octanol–water partition coefficient (Wildman–Crippen LogP) is 5.71. The summed E-state index contributed by atoms with van der Waals surface area (Å²) in [6.07, 6.45) is 0. The molecule has 1 nitrogen and oxygen atoms in total. The summed E-state index contributed by atoms with van der Waals surface area (Å²) in [5, 5.41) is 0.875. The molecule has 0 spiro atoms. The van der Waals surface area contributed by atoms with E-state index in [1.165, 1.54) is 12.1 Å². The fourth-order valence-electron chi connectivity index (χ4n) is 1.70. The van der Waals surface area contributed by atoms with Crippen LogP contribution in [0, 0.1) is 5.82 Å². The molecule has 0 aromatic heterocycles. The maximum atomic E-state index is 14.0. The minimum Gasteiger partial charge on any atom is -0.320 e. The average molecular weight is 428 g/mol. The predicted molar refractivity (Wildman–Crippen MR) is 84.3 cm³/mol. The second-order valence-corrected chi connectivity index (χ2v) is 6.52. The van der Waals surface area contributed by atoms with E-state index in [9.17, 15) is 4.39 Å². The molecule has 0 saturated heterocycles. The van der Waals surface area contributed by atoms with Crippen LogP contribution in [0.3, 0.4) is 0 Å². The van der Waals surface area contributed by atoms with Gasteiger partial charge in [0.1, 0.15) is 5.82 Å². The van der Waals surface area contributed by atoms with Gasteiger partial charge in [0.25, 0.3) is 0 Å².